The fourth-order valence-electron chi connectivity index (χ4n) is 3.91. The lowest BCUT2D eigenvalue weighted by molar-refractivity contribution is -0.124. The van der Waals surface area contributed by atoms with Crippen molar-refractivity contribution in [1.82, 2.24) is 5.32 Å². The quantitative estimate of drug-likeness (QED) is 0.674. The molecule has 4 rings (SSSR count). The SMILES string of the molecule is OC(Cc1ccccc1-c1ccccc1Cl)(c1ccccc1)[C@@H]1CNCCO1. The second-order valence-electron chi connectivity index (χ2n) is 7.17. The van der Waals surface area contributed by atoms with Crippen LogP contribution in [0.1, 0.15) is 11.1 Å². The molecule has 2 atom stereocenters. The zero-order chi connectivity index (χ0) is 19.4. The third-order valence-corrected chi connectivity index (χ3v) is 5.70. The minimum Gasteiger partial charge on any atom is -0.382 e. The molecule has 3 nitrogen and oxygen atoms in total. The van der Waals surface area contributed by atoms with E-state index in [1.165, 1.54) is 0 Å². The first-order chi connectivity index (χ1) is 13.7. The third-order valence-electron chi connectivity index (χ3n) is 5.38. The van der Waals surface area contributed by atoms with Crippen molar-refractivity contribution in [3.63, 3.8) is 0 Å². The minimum atomic E-state index is -1.15. The van der Waals surface area contributed by atoms with Crippen molar-refractivity contribution >= 4 is 11.6 Å². The first kappa shape index (κ1) is 19.2. The highest BCUT2D eigenvalue weighted by molar-refractivity contribution is 6.33. The maximum atomic E-state index is 11.9. The summed E-state index contributed by atoms with van der Waals surface area (Å²) in [5.74, 6) is 0. The Morgan fingerprint density at radius 1 is 0.929 bits per heavy atom. The normalized spacial score (nSPS) is 19.1. The standard InChI is InChI=1S/C24H24ClNO2/c25-22-13-7-6-12-21(22)20-11-5-4-8-18(20)16-24(27,19-9-2-1-3-10-19)23-17-26-14-15-28-23/h1-13,23,26-27H,14-17H2/t23-,24?/m0/s1. The number of halogens is 1. The Morgan fingerprint density at radius 3 is 2.32 bits per heavy atom. The van der Waals surface area contributed by atoms with Gasteiger partial charge >= 0.3 is 0 Å². The van der Waals surface area contributed by atoms with Gasteiger partial charge in [-0.15, -0.1) is 0 Å². The van der Waals surface area contributed by atoms with Crippen molar-refractivity contribution in [3.05, 3.63) is 95.0 Å². The third kappa shape index (κ3) is 3.85. The summed E-state index contributed by atoms with van der Waals surface area (Å²) in [5, 5.41) is 16.0. The molecule has 3 aromatic rings. The molecule has 0 bridgehead atoms. The Hall–Kier alpha value is -2.17. The second-order valence-corrected chi connectivity index (χ2v) is 7.57. The highest BCUT2D eigenvalue weighted by atomic mass is 35.5. The monoisotopic (exact) mass is 393 g/mol. The van der Waals surface area contributed by atoms with Gasteiger partial charge in [0, 0.05) is 30.1 Å². The smallest absolute Gasteiger partial charge is 0.121 e. The average molecular weight is 394 g/mol. The molecule has 0 saturated carbocycles. The van der Waals surface area contributed by atoms with Crippen LogP contribution in [-0.2, 0) is 16.8 Å². The van der Waals surface area contributed by atoms with Crippen LogP contribution in [0.25, 0.3) is 11.1 Å². The van der Waals surface area contributed by atoms with Gasteiger partial charge in [-0.2, -0.15) is 0 Å². The van der Waals surface area contributed by atoms with Gasteiger partial charge in [0.05, 0.1) is 6.61 Å². The van der Waals surface area contributed by atoms with E-state index in [2.05, 4.69) is 17.4 Å². The molecular weight excluding hydrogens is 370 g/mol. The van der Waals surface area contributed by atoms with Crippen LogP contribution < -0.4 is 5.32 Å². The minimum absolute atomic E-state index is 0.331. The molecule has 28 heavy (non-hydrogen) atoms. The van der Waals surface area contributed by atoms with E-state index >= 15 is 0 Å². The summed E-state index contributed by atoms with van der Waals surface area (Å²) in [7, 11) is 0. The van der Waals surface area contributed by atoms with E-state index in [0.29, 0.717) is 24.6 Å². The molecule has 0 amide bonds. The fraction of sp³-hybridized carbons (Fsp3) is 0.250. The van der Waals surface area contributed by atoms with E-state index in [0.717, 1.165) is 28.8 Å². The Kier molecular flexibility index (Phi) is 5.79. The summed E-state index contributed by atoms with van der Waals surface area (Å²) in [6.07, 6.45) is 0.105. The Labute approximate surface area is 170 Å². The van der Waals surface area contributed by atoms with Gasteiger partial charge in [-0.05, 0) is 22.8 Å². The molecule has 2 N–H and O–H groups in total. The van der Waals surface area contributed by atoms with E-state index < -0.39 is 5.60 Å². The molecule has 1 heterocycles. The van der Waals surface area contributed by atoms with Crippen LogP contribution in [0.5, 0.6) is 0 Å². The summed E-state index contributed by atoms with van der Waals surface area (Å²) in [5.41, 5.74) is 2.75. The Morgan fingerprint density at radius 2 is 1.61 bits per heavy atom. The number of rotatable bonds is 5. The van der Waals surface area contributed by atoms with Crippen molar-refractivity contribution in [1.29, 1.82) is 0 Å². The summed E-state index contributed by atoms with van der Waals surface area (Å²) in [6, 6.07) is 25.7. The van der Waals surface area contributed by atoms with Crippen LogP contribution in [0.4, 0.5) is 0 Å². The van der Waals surface area contributed by atoms with E-state index in [-0.39, 0.29) is 6.10 Å². The van der Waals surface area contributed by atoms with E-state index in [1.54, 1.807) is 0 Å². The largest absolute Gasteiger partial charge is 0.382 e. The number of benzene rings is 3. The number of hydrogen-bond acceptors (Lipinski definition) is 3. The van der Waals surface area contributed by atoms with Crippen molar-refractivity contribution < 1.29 is 9.84 Å². The number of aliphatic hydroxyl groups is 1. The number of nitrogens with one attached hydrogen (secondary N) is 1. The van der Waals surface area contributed by atoms with Crippen molar-refractivity contribution in [2.75, 3.05) is 19.7 Å². The molecule has 1 unspecified atom stereocenters. The summed E-state index contributed by atoms with van der Waals surface area (Å²) in [6.45, 7) is 2.00. The first-order valence-electron chi connectivity index (χ1n) is 9.61. The van der Waals surface area contributed by atoms with Gasteiger partial charge in [0.25, 0.3) is 0 Å². The Bertz CT molecular complexity index is 925. The van der Waals surface area contributed by atoms with E-state index in [1.807, 2.05) is 66.7 Å². The zero-order valence-electron chi connectivity index (χ0n) is 15.6. The van der Waals surface area contributed by atoms with Gasteiger partial charge in [-0.25, -0.2) is 0 Å². The van der Waals surface area contributed by atoms with Gasteiger partial charge in [0.1, 0.15) is 11.7 Å². The van der Waals surface area contributed by atoms with Crippen LogP contribution in [0, 0.1) is 0 Å². The van der Waals surface area contributed by atoms with Gasteiger partial charge < -0.3 is 15.2 Å². The fourth-order valence-corrected chi connectivity index (χ4v) is 4.15. The molecule has 1 aliphatic heterocycles. The lowest BCUT2D eigenvalue weighted by atomic mass is 9.80. The van der Waals surface area contributed by atoms with Gasteiger partial charge in [-0.1, -0.05) is 84.4 Å². The van der Waals surface area contributed by atoms with Crippen LogP contribution >= 0.6 is 11.6 Å². The molecule has 0 aliphatic carbocycles. The lowest BCUT2D eigenvalue weighted by Crippen LogP contribution is -2.52. The molecule has 144 valence electrons. The van der Waals surface area contributed by atoms with Gasteiger partial charge in [0.2, 0.25) is 0 Å². The summed E-state index contributed by atoms with van der Waals surface area (Å²) in [4.78, 5) is 0. The van der Waals surface area contributed by atoms with Crippen molar-refractivity contribution in [2.45, 2.75) is 18.1 Å². The molecule has 0 aromatic heterocycles. The van der Waals surface area contributed by atoms with Crippen LogP contribution in [0.15, 0.2) is 78.9 Å². The predicted molar refractivity (Wildman–Crippen MR) is 114 cm³/mol. The van der Waals surface area contributed by atoms with Crippen LogP contribution in [-0.4, -0.2) is 30.9 Å². The molecule has 1 fully saturated rings. The van der Waals surface area contributed by atoms with Crippen molar-refractivity contribution in [2.24, 2.45) is 0 Å². The first-order valence-corrected chi connectivity index (χ1v) is 9.99. The highest BCUT2D eigenvalue weighted by Gasteiger charge is 2.40. The number of morpholine rings is 1. The molecule has 1 aliphatic rings. The highest BCUT2D eigenvalue weighted by Crippen LogP contribution is 2.37. The zero-order valence-corrected chi connectivity index (χ0v) is 16.4. The molecular formula is C24H24ClNO2. The molecule has 1 saturated heterocycles. The maximum absolute atomic E-state index is 11.9. The maximum Gasteiger partial charge on any atom is 0.121 e. The summed E-state index contributed by atoms with van der Waals surface area (Å²) < 4.78 is 6.00. The van der Waals surface area contributed by atoms with Crippen LogP contribution in [0.2, 0.25) is 5.02 Å². The molecule has 0 spiro atoms. The van der Waals surface area contributed by atoms with Gasteiger partial charge in [0.15, 0.2) is 0 Å². The van der Waals surface area contributed by atoms with E-state index in [4.69, 9.17) is 16.3 Å². The molecule has 4 heteroatoms. The summed E-state index contributed by atoms with van der Waals surface area (Å²) >= 11 is 6.47. The lowest BCUT2D eigenvalue weighted by Gasteiger charge is -2.39. The number of ether oxygens (including phenoxy) is 1. The van der Waals surface area contributed by atoms with E-state index in [9.17, 15) is 5.11 Å². The topological polar surface area (TPSA) is 41.5 Å². The Balaban J connectivity index is 1.77. The molecule has 0 radical (unpaired) electrons. The van der Waals surface area contributed by atoms with Crippen LogP contribution in [0.3, 0.4) is 0 Å². The van der Waals surface area contributed by atoms with Crippen molar-refractivity contribution in [3.8, 4) is 11.1 Å². The van der Waals surface area contributed by atoms with Gasteiger partial charge in [-0.3, -0.25) is 0 Å². The average Bonchev–Trinajstić information content (AvgIpc) is 2.76. The molecule has 3 aromatic carbocycles. The predicted octanol–water partition coefficient (Wildman–Crippen LogP) is 4.43. The second kappa shape index (κ2) is 8.46. The number of hydrogen-bond donors (Lipinski definition) is 2.